The van der Waals surface area contributed by atoms with Crippen molar-refractivity contribution in [3.63, 3.8) is 0 Å². The van der Waals surface area contributed by atoms with Crippen molar-refractivity contribution >= 4 is 23.0 Å². The zero-order chi connectivity index (χ0) is 22.5. The van der Waals surface area contributed by atoms with Crippen molar-refractivity contribution < 1.29 is 28.6 Å². The van der Waals surface area contributed by atoms with E-state index in [4.69, 9.17) is 4.42 Å². The highest BCUT2D eigenvalue weighted by molar-refractivity contribution is 5.96. The maximum atomic E-state index is 13.3. The molecule has 0 spiro atoms. The lowest BCUT2D eigenvalue weighted by molar-refractivity contribution is -0.143. The number of halogens is 1. The summed E-state index contributed by atoms with van der Waals surface area (Å²) in [4.78, 5) is 11.3. The van der Waals surface area contributed by atoms with Crippen LogP contribution in [0.25, 0.3) is 28.2 Å². The molecule has 3 rings (SSSR count). The average Bonchev–Trinajstić information content (AvgIpc) is 3.11. The number of hydrogen-bond donors (Lipinski definition) is 2. The minimum Gasteiger partial charge on any atom is -0.469 e. The summed E-state index contributed by atoms with van der Waals surface area (Å²) in [6.45, 7) is 4.12. The second-order valence-corrected chi connectivity index (χ2v) is 7.82. The zero-order valence-corrected chi connectivity index (χ0v) is 17.8. The number of ether oxygens (including phenoxy) is 1. The van der Waals surface area contributed by atoms with Gasteiger partial charge in [0.25, 0.3) is 0 Å². The third kappa shape index (κ3) is 5.40. The minimum absolute atomic E-state index is 0.00364. The summed E-state index contributed by atoms with van der Waals surface area (Å²) < 4.78 is 24.1. The Bertz CT molecular complexity index is 1070. The number of esters is 1. The third-order valence-corrected chi connectivity index (χ3v) is 5.13. The molecule has 2 unspecified atom stereocenters. The molecule has 0 aliphatic heterocycles. The fourth-order valence-corrected chi connectivity index (χ4v) is 3.65. The van der Waals surface area contributed by atoms with Gasteiger partial charge in [0.2, 0.25) is 0 Å². The molecule has 0 saturated heterocycles. The molecule has 0 aliphatic rings. The first-order valence-corrected chi connectivity index (χ1v) is 10.2. The number of carbonyl (C=O) groups is 1. The predicted molar refractivity (Wildman–Crippen MR) is 118 cm³/mol. The van der Waals surface area contributed by atoms with E-state index in [2.05, 4.69) is 18.6 Å². The summed E-state index contributed by atoms with van der Waals surface area (Å²) in [7, 11) is 1.25. The second-order valence-electron chi connectivity index (χ2n) is 7.82. The lowest BCUT2D eigenvalue weighted by atomic mass is 9.96. The molecule has 0 radical (unpaired) electrons. The fourth-order valence-electron chi connectivity index (χ4n) is 3.65. The van der Waals surface area contributed by atoms with Crippen LogP contribution in [0.4, 0.5) is 4.39 Å². The highest BCUT2D eigenvalue weighted by Crippen LogP contribution is 2.38. The monoisotopic (exact) mass is 426 g/mol. The summed E-state index contributed by atoms with van der Waals surface area (Å²) in [6, 6.07) is 12.1. The summed E-state index contributed by atoms with van der Waals surface area (Å²) in [5.41, 5.74) is 3.39. The van der Waals surface area contributed by atoms with Crippen molar-refractivity contribution in [2.75, 3.05) is 7.11 Å². The first-order chi connectivity index (χ1) is 14.8. The van der Waals surface area contributed by atoms with E-state index in [1.807, 2.05) is 18.2 Å². The molecule has 0 amide bonds. The van der Waals surface area contributed by atoms with Gasteiger partial charge < -0.3 is 19.4 Å². The lowest BCUT2D eigenvalue weighted by Gasteiger charge is -2.11. The van der Waals surface area contributed by atoms with Gasteiger partial charge in [-0.2, -0.15) is 0 Å². The molecule has 3 aromatic rings. The zero-order valence-electron chi connectivity index (χ0n) is 17.8. The number of benzene rings is 2. The van der Waals surface area contributed by atoms with Crippen molar-refractivity contribution in [3.8, 4) is 11.1 Å². The van der Waals surface area contributed by atoms with Crippen LogP contribution in [0.5, 0.6) is 0 Å². The normalized spacial score (nSPS) is 13.8. The number of rotatable bonds is 8. The quantitative estimate of drug-likeness (QED) is 0.493. The van der Waals surface area contributed by atoms with E-state index in [0.717, 1.165) is 22.1 Å². The van der Waals surface area contributed by atoms with E-state index in [9.17, 15) is 19.4 Å². The van der Waals surface area contributed by atoms with Gasteiger partial charge in [0.05, 0.1) is 25.7 Å². The third-order valence-electron chi connectivity index (χ3n) is 5.13. The Kier molecular flexibility index (Phi) is 7.25. The number of aliphatic hydroxyl groups is 2. The number of para-hydroxylation sites is 1. The van der Waals surface area contributed by atoms with Crippen LogP contribution in [0.2, 0.25) is 0 Å². The Morgan fingerprint density at radius 2 is 1.87 bits per heavy atom. The van der Waals surface area contributed by atoms with Crippen molar-refractivity contribution in [3.05, 3.63) is 65.7 Å². The van der Waals surface area contributed by atoms with E-state index >= 15 is 0 Å². The number of furan rings is 1. The van der Waals surface area contributed by atoms with Gasteiger partial charge in [-0.3, -0.25) is 4.79 Å². The summed E-state index contributed by atoms with van der Waals surface area (Å²) in [6.07, 6.45) is 1.11. The van der Waals surface area contributed by atoms with Crippen molar-refractivity contribution in [2.24, 2.45) is 0 Å². The van der Waals surface area contributed by atoms with Crippen molar-refractivity contribution in [1.82, 2.24) is 0 Å². The van der Waals surface area contributed by atoms with E-state index in [-0.39, 0.29) is 24.6 Å². The maximum Gasteiger partial charge on any atom is 0.308 e. The Hall–Kier alpha value is -2.96. The van der Waals surface area contributed by atoms with Gasteiger partial charge in [0.15, 0.2) is 0 Å². The summed E-state index contributed by atoms with van der Waals surface area (Å²) in [5, 5.41) is 21.1. The molecule has 2 atom stereocenters. The summed E-state index contributed by atoms with van der Waals surface area (Å²) in [5.74, 6) is -0.0610. The molecule has 0 bridgehead atoms. The Balaban J connectivity index is 1.92. The number of carbonyl (C=O) groups excluding carboxylic acids is 1. The largest absolute Gasteiger partial charge is 0.469 e. The van der Waals surface area contributed by atoms with Gasteiger partial charge in [0, 0.05) is 22.9 Å². The van der Waals surface area contributed by atoms with Crippen LogP contribution in [0.3, 0.4) is 0 Å². The first kappa shape index (κ1) is 22.7. The van der Waals surface area contributed by atoms with Crippen LogP contribution in [-0.2, 0) is 9.53 Å². The van der Waals surface area contributed by atoms with Crippen LogP contribution in [0.15, 0.2) is 53.0 Å². The average molecular weight is 426 g/mol. The van der Waals surface area contributed by atoms with E-state index in [1.165, 1.54) is 19.2 Å². The molecular formula is C25H27FO5. The van der Waals surface area contributed by atoms with Gasteiger partial charge in [-0.1, -0.05) is 50.3 Å². The Morgan fingerprint density at radius 3 is 2.52 bits per heavy atom. The molecule has 0 saturated carbocycles. The molecule has 6 heteroatoms. The molecule has 0 aliphatic carbocycles. The molecule has 0 fully saturated rings. The smallest absolute Gasteiger partial charge is 0.308 e. The Labute approximate surface area is 180 Å². The van der Waals surface area contributed by atoms with Crippen LogP contribution in [0, 0.1) is 5.82 Å². The van der Waals surface area contributed by atoms with E-state index in [1.54, 1.807) is 24.3 Å². The molecule has 5 nitrogen and oxygen atoms in total. The number of methoxy groups -OCH3 is 1. The highest BCUT2D eigenvalue weighted by Gasteiger charge is 2.19. The predicted octanol–water partition coefficient (Wildman–Crippen LogP) is 5.05. The molecule has 164 valence electrons. The van der Waals surface area contributed by atoms with Gasteiger partial charge >= 0.3 is 5.97 Å². The molecule has 2 aromatic carbocycles. The second kappa shape index (κ2) is 9.90. The van der Waals surface area contributed by atoms with Crippen LogP contribution in [-0.4, -0.2) is 35.5 Å². The molecular weight excluding hydrogens is 399 g/mol. The topological polar surface area (TPSA) is 79.9 Å². The van der Waals surface area contributed by atoms with Crippen molar-refractivity contribution in [1.29, 1.82) is 0 Å². The first-order valence-electron chi connectivity index (χ1n) is 10.2. The van der Waals surface area contributed by atoms with Gasteiger partial charge in [-0.15, -0.1) is 0 Å². The fraction of sp³-hybridized carbons (Fsp3) is 0.320. The maximum absolute atomic E-state index is 13.3. The molecule has 1 heterocycles. The standard InChI is InChI=1S/C25H27FO5/c1-15(2)24-21-6-4-5-20(16-7-9-17(26)10-8-16)25(21)31-22(24)12-11-18(27)13-19(28)14-23(29)30-3/h4-12,15,18-19,27-28H,13-14H2,1-3H3. The van der Waals surface area contributed by atoms with Crippen molar-refractivity contribution in [2.45, 2.75) is 44.8 Å². The van der Waals surface area contributed by atoms with Gasteiger partial charge in [-0.25, -0.2) is 4.39 Å². The molecule has 31 heavy (non-hydrogen) atoms. The number of aliphatic hydroxyl groups excluding tert-OH is 2. The summed E-state index contributed by atoms with van der Waals surface area (Å²) >= 11 is 0. The molecule has 1 aromatic heterocycles. The minimum atomic E-state index is -1.00. The SMILES string of the molecule is COC(=O)CC(O)CC(O)C=Cc1oc2c(-c3ccc(F)cc3)cccc2c1C(C)C. The van der Waals surface area contributed by atoms with Crippen LogP contribution in [0.1, 0.15) is 43.9 Å². The van der Waals surface area contributed by atoms with Gasteiger partial charge in [0.1, 0.15) is 17.2 Å². The van der Waals surface area contributed by atoms with E-state index < -0.39 is 18.2 Å². The number of fused-ring (bicyclic) bond motifs is 1. The van der Waals surface area contributed by atoms with Crippen LogP contribution < -0.4 is 0 Å². The Morgan fingerprint density at radius 1 is 1.16 bits per heavy atom. The lowest BCUT2D eigenvalue weighted by Crippen LogP contribution is -2.20. The van der Waals surface area contributed by atoms with Gasteiger partial charge in [-0.05, 0) is 29.7 Å². The van der Waals surface area contributed by atoms with E-state index in [0.29, 0.717) is 11.3 Å². The number of hydrogen-bond acceptors (Lipinski definition) is 5. The molecule has 2 N–H and O–H groups in total. The highest BCUT2D eigenvalue weighted by atomic mass is 19.1. The van der Waals surface area contributed by atoms with Crippen LogP contribution >= 0.6 is 0 Å².